The summed E-state index contributed by atoms with van der Waals surface area (Å²) in [6, 6.07) is 7.94. The summed E-state index contributed by atoms with van der Waals surface area (Å²) in [6.07, 6.45) is 5.91. The number of hydrogen-bond donors (Lipinski definition) is 3. The number of piperidine rings is 1. The number of carbonyl (C=O) groups excluding carboxylic acids is 1. The van der Waals surface area contributed by atoms with E-state index in [4.69, 9.17) is 9.47 Å². The van der Waals surface area contributed by atoms with Crippen LogP contribution < -0.4 is 16.0 Å². The first-order valence-electron chi connectivity index (χ1n) is 12.5. The number of hydrogen-bond acceptors (Lipinski definition) is 9. The number of benzene rings is 1. The van der Waals surface area contributed by atoms with Gasteiger partial charge in [0.15, 0.2) is 17.0 Å². The fourth-order valence-corrected chi connectivity index (χ4v) is 4.91. The standard InChI is InChI=1S/C25H34N8O3/c1-26-22-21-23(33(15-27-21)25(34)29-19-9-10-20(19)36-3)31-24(30-22)28-17-7-4-6-16(12-17)13-32-11-5-8-18(14-32)35-2/h4,6-7,12,15,18-20H,5,8-11,13-14H2,1-3H3,(H,29,34)(H2,26,28,30,31)/t18?,19-,20-/m1/s1. The largest absolute Gasteiger partial charge is 0.380 e. The Morgan fingerprint density at radius 2 is 2.06 bits per heavy atom. The third kappa shape index (κ3) is 5.13. The highest BCUT2D eigenvalue weighted by Crippen LogP contribution is 2.25. The summed E-state index contributed by atoms with van der Waals surface area (Å²) in [5.74, 6) is 0.928. The van der Waals surface area contributed by atoms with Gasteiger partial charge in [-0.15, -0.1) is 0 Å². The second-order valence-corrected chi connectivity index (χ2v) is 9.40. The van der Waals surface area contributed by atoms with E-state index in [1.165, 1.54) is 16.5 Å². The first kappa shape index (κ1) is 24.4. The lowest BCUT2D eigenvalue weighted by molar-refractivity contribution is 0.0110. The molecule has 1 aliphatic heterocycles. The van der Waals surface area contributed by atoms with Gasteiger partial charge in [-0.1, -0.05) is 12.1 Å². The molecule has 5 rings (SSSR count). The van der Waals surface area contributed by atoms with E-state index in [1.807, 2.05) is 12.1 Å². The van der Waals surface area contributed by atoms with Gasteiger partial charge < -0.3 is 25.4 Å². The first-order chi connectivity index (χ1) is 17.6. The summed E-state index contributed by atoms with van der Waals surface area (Å²) in [4.78, 5) is 29.0. The monoisotopic (exact) mass is 494 g/mol. The zero-order valence-electron chi connectivity index (χ0n) is 21.0. The second-order valence-electron chi connectivity index (χ2n) is 9.40. The zero-order valence-corrected chi connectivity index (χ0v) is 21.0. The van der Waals surface area contributed by atoms with Crippen molar-refractivity contribution in [2.24, 2.45) is 0 Å². The maximum atomic E-state index is 13.0. The molecule has 11 heteroatoms. The first-order valence-corrected chi connectivity index (χ1v) is 12.5. The fraction of sp³-hybridized carbons (Fsp3) is 0.520. The SMILES string of the molecule is CNc1nc(Nc2cccc(CN3CCCC(OC)C3)c2)nc2c1ncn2C(=O)N[C@@H]1CC[C@H]1OC. The third-order valence-corrected chi connectivity index (χ3v) is 7.06. The minimum Gasteiger partial charge on any atom is -0.380 e. The van der Waals surface area contributed by atoms with E-state index in [0.717, 1.165) is 51.0 Å². The quantitative estimate of drug-likeness (QED) is 0.434. The Morgan fingerprint density at radius 1 is 1.17 bits per heavy atom. The van der Waals surface area contributed by atoms with E-state index in [-0.39, 0.29) is 18.2 Å². The molecule has 3 atom stereocenters. The molecular weight excluding hydrogens is 460 g/mol. The lowest BCUT2D eigenvalue weighted by Gasteiger charge is -2.35. The molecule has 3 heterocycles. The highest BCUT2D eigenvalue weighted by Gasteiger charge is 2.32. The molecule has 2 aliphatic rings. The number of aromatic nitrogens is 4. The summed E-state index contributed by atoms with van der Waals surface area (Å²) < 4.78 is 12.4. The molecule has 2 fully saturated rings. The van der Waals surface area contributed by atoms with Crippen LogP contribution in [0.5, 0.6) is 0 Å². The summed E-state index contributed by atoms with van der Waals surface area (Å²) >= 11 is 0. The predicted octanol–water partition coefficient (Wildman–Crippen LogP) is 2.96. The number of ether oxygens (including phenoxy) is 2. The zero-order chi connectivity index (χ0) is 25.1. The minimum atomic E-state index is -0.283. The molecule has 0 radical (unpaired) electrons. The lowest BCUT2D eigenvalue weighted by atomic mass is 9.89. The highest BCUT2D eigenvalue weighted by atomic mass is 16.5. The van der Waals surface area contributed by atoms with Gasteiger partial charge in [0.1, 0.15) is 6.33 Å². The second kappa shape index (κ2) is 10.8. The summed E-state index contributed by atoms with van der Waals surface area (Å²) in [6.45, 7) is 2.87. The summed E-state index contributed by atoms with van der Waals surface area (Å²) in [7, 11) is 5.22. The Kier molecular flexibility index (Phi) is 7.30. The molecule has 0 spiro atoms. The topological polar surface area (TPSA) is 118 Å². The molecule has 1 unspecified atom stereocenters. The minimum absolute atomic E-state index is 0.00929. The van der Waals surface area contributed by atoms with Gasteiger partial charge in [-0.25, -0.2) is 14.3 Å². The Hall–Kier alpha value is -3.28. The molecule has 3 N–H and O–H groups in total. The van der Waals surface area contributed by atoms with Gasteiger partial charge in [-0.05, 0) is 49.9 Å². The molecule has 1 saturated heterocycles. The van der Waals surface area contributed by atoms with Crippen LogP contribution in [0.25, 0.3) is 11.2 Å². The molecular formula is C25H34N8O3. The molecule has 0 bridgehead atoms. The number of methoxy groups -OCH3 is 2. The number of anilines is 3. The Labute approximate surface area is 210 Å². The van der Waals surface area contributed by atoms with Crippen molar-refractivity contribution in [3.63, 3.8) is 0 Å². The van der Waals surface area contributed by atoms with Gasteiger partial charge in [-0.2, -0.15) is 9.97 Å². The molecule has 1 aromatic carbocycles. The Bertz CT molecular complexity index is 1210. The van der Waals surface area contributed by atoms with Crippen LogP contribution in [0, 0.1) is 0 Å². The van der Waals surface area contributed by atoms with Gasteiger partial charge in [0.25, 0.3) is 0 Å². The molecule has 192 valence electrons. The van der Waals surface area contributed by atoms with E-state index in [1.54, 1.807) is 21.3 Å². The van der Waals surface area contributed by atoms with Gasteiger partial charge in [0.2, 0.25) is 5.95 Å². The fourth-order valence-electron chi connectivity index (χ4n) is 4.91. The van der Waals surface area contributed by atoms with Crippen LogP contribution >= 0.6 is 0 Å². The van der Waals surface area contributed by atoms with Crippen molar-refractivity contribution in [3.8, 4) is 0 Å². The average molecular weight is 495 g/mol. The average Bonchev–Trinajstić information content (AvgIpc) is 3.31. The van der Waals surface area contributed by atoms with Gasteiger partial charge >= 0.3 is 6.03 Å². The smallest absolute Gasteiger partial charge is 0.328 e. The van der Waals surface area contributed by atoms with Crippen LogP contribution in [0.4, 0.5) is 22.2 Å². The molecule has 1 aliphatic carbocycles. The molecule has 1 amide bonds. The van der Waals surface area contributed by atoms with Crippen molar-refractivity contribution < 1.29 is 14.3 Å². The van der Waals surface area contributed by atoms with Crippen molar-refractivity contribution in [1.29, 1.82) is 0 Å². The maximum absolute atomic E-state index is 13.0. The molecule has 11 nitrogen and oxygen atoms in total. The predicted molar refractivity (Wildman–Crippen MR) is 138 cm³/mol. The Balaban J connectivity index is 1.34. The van der Waals surface area contributed by atoms with Crippen molar-refractivity contribution in [2.75, 3.05) is 45.0 Å². The number of rotatable bonds is 8. The van der Waals surface area contributed by atoms with Crippen LogP contribution in [0.15, 0.2) is 30.6 Å². The Morgan fingerprint density at radius 3 is 2.81 bits per heavy atom. The number of imidazole rings is 1. The number of nitrogens with zero attached hydrogens (tertiary/aromatic N) is 5. The van der Waals surface area contributed by atoms with Gasteiger partial charge in [0, 0.05) is 40.0 Å². The molecule has 2 aromatic heterocycles. The van der Waals surface area contributed by atoms with Crippen molar-refractivity contribution in [3.05, 3.63) is 36.2 Å². The van der Waals surface area contributed by atoms with Crippen LogP contribution in [-0.4, -0.2) is 83.1 Å². The van der Waals surface area contributed by atoms with Crippen LogP contribution in [0.2, 0.25) is 0 Å². The molecule has 1 saturated carbocycles. The maximum Gasteiger partial charge on any atom is 0.328 e. The van der Waals surface area contributed by atoms with Gasteiger partial charge in [0.05, 0.1) is 18.2 Å². The normalized spacial score (nSPS) is 22.2. The van der Waals surface area contributed by atoms with Crippen molar-refractivity contribution in [2.45, 2.75) is 50.5 Å². The molecule has 36 heavy (non-hydrogen) atoms. The van der Waals surface area contributed by atoms with E-state index < -0.39 is 0 Å². The number of nitrogens with one attached hydrogen (secondary N) is 3. The lowest BCUT2D eigenvalue weighted by Crippen LogP contribution is -2.52. The van der Waals surface area contributed by atoms with Crippen molar-refractivity contribution >= 4 is 34.6 Å². The van der Waals surface area contributed by atoms with Crippen LogP contribution in [-0.2, 0) is 16.0 Å². The summed E-state index contributed by atoms with van der Waals surface area (Å²) in [5.41, 5.74) is 3.03. The highest BCUT2D eigenvalue weighted by molar-refractivity contribution is 5.92. The van der Waals surface area contributed by atoms with Crippen LogP contribution in [0.1, 0.15) is 31.2 Å². The van der Waals surface area contributed by atoms with E-state index in [0.29, 0.717) is 29.0 Å². The van der Waals surface area contributed by atoms with E-state index >= 15 is 0 Å². The van der Waals surface area contributed by atoms with E-state index in [9.17, 15) is 4.79 Å². The number of fused-ring (bicyclic) bond motifs is 1. The molecule has 3 aromatic rings. The van der Waals surface area contributed by atoms with E-state index in [2.05, 4.69) is 47.9 Å². The number of amides is 1. The van der Waals surface area contributed by atoms with Crippen molar-refractivity contribution in [1.82, 2.24) is 29.7 Å². The number of likely N-dealkylation sites (tertiary alicyclic amines) is 1. The van der Waals surface area contributed by atoms with Gasteiger partial charge in [-0.3, -0.25) is 4.90 Å². The van der Waals surface area contributed by atoms with Crippen LogP contribution in [0.3, 0.4) is 0 Å². The number of carbonyl (C=O) groups is 1. The third-order valence-electron chi connectivity index (χ3n) is 7.06. The summed E-state index contributed by atoms with van der Waals surface area (Å²) in [5, 5.41) is 9.39.